The maximum Gasteiger partial charge on any atom is 0.251 e. The Kier molecular flexibility index (Phi) is 5.62. The molecule has 1 N–H and O–H groups in total. The molecule has 0 atom stereocenters. The second-order valence-electron chi connectivity index (χ2n) is 6.17. The highest BCUT2D eigenvalue weighted by atomic mass is 16.5. The maximum atomic E-state index is 12.3. The number of piperidine rings is 1. The quantitative estimate of drug-likeness (QED) is 0.906. The molecule has 116 valence electrons. The van der Waals surface area contributed by atoms with Gasteiger partial charge in [0.2, 0.25) is 0 Å². The molecule has 1 fully saturated rings. The summed E-state index contributed by atoms with van der Waals surface area (Å²) < 4.78 is 5.16. The van der Waals surface area contributed by atoms with Crippen LogP contribution in [0.5, 0.6) is 5.75 Å². The summed E-state index contributed by atoms with van der Waals surface area (Å²) in [5.74, 6) is 1.42. The van der Waals surface area contributed by atoms with Gasteiger partial charge in [0.1, 0.15) is 5.75 Å². The van der Waals surface area contributed by atoms with E-state index in [-0.39, 0.29) is 11.9 Å². The first-order valence-electron chi connectivity index (χ1n) is 7.75. The highest BCUT2D eigenvalue weighted by molar-refractivity contribution is 5.94. The van der Waals surface area contributed by atoms with Crippen LogP contribution >= 0.6 is 0 Å². The smallest absolute Gasteiger partial charge is 0.251 e. The van der Waals surface area contributed by atoms with E-state index in [0.29, 0.717) is 11.5 Å². The Morgan fingerprint density at radius 3 is 2.71 bits per heavy atom. The Labute approximate surface area is 127 Å². The summed E-state index contributed by atoms with van der Waals surface area (Å²) in [6.07, 6.45) is 2.06. The van der Waals surface area contributed by atoms with Crippen molar-refractivity contribution in [3.63, 3.8) is 0 Å². The van der Waals surface area contributed by atoms with E-state index in [1.165, 1.54) is 0 Å². The topological polar surface area (TPSA) is 41.6 Å². The molecule has 0 unspecified atom stereocenters. The van der Waals surface area contributed by atoms with Crippen LogP contribution in [-0.2, 0) is 0 Å². The van der Waals surface area contributed by atoms with Crippen LogP contribution in [0.1, 0.15) is 37.0 Å². The van der Waals surface area contributed by atoms with Gasteiger partial charge in [-0.1, -0.05) is 19.9 Å². The predicted octanol–water partition coefficient (Wildman–Crippen LogP) is 2.55. The first kappa shape index (κ1) is 15.8. The van der Waals surface area contributed by atoms with Gasteiger partial charge in [-0.15, -0.1) is 0 Å². The standard InChI is InChI=1S/C17H26N2O2/c1-13(2)12-19-9-7-15(8-10-19)18-17(20)14-5-4-6-16(11-14)21-3/h4-6,11,13,15H,7-10,12H2,1-3H3,(H,18,20). The molecule has 0 bridgehead atoms. The lowest BCUT2D eigenvalue weighted by Crippen LogP contribution is -2.45. The van der Waals surface area contributed by atoms with Gasteiger partial charge in [-0.05, 0) is 37.0 Å². The molecule has 0 radical (unpaired) electrons. The third-order valence-corrected chi connectivity index (χ3v) is 3.88. The van der Waals surface area contributed by atoms with Gasteiger partial charge in [-0.2, -0.15) is 0 Å². The molecule has 0 aromatic heterocycles. The highest BCUT2D eigenvalue weighted by Crippen LogP contribution is 2.15. The van der Waals surface area contributed by atoms with Crippen molar-refractivity contribution >= 4 is 5.91 Å². The largest absolute Gasteiger partial charge is 0.497 e. The van der Waals surface area contributed by atoms with Gasteiger partial charge < -0.3 is 15.0 Å². The normalized spacial score (nSPS) is 17.0. The molecule has 0 spiro atoms. The van der Waals surface area contributed by atoms with Crippen molar-refractivity contribution in [1.82, 2.24) is 10.2 Å². The lowest BCUT2D eigenvalue weighted by molar-refractivity contribution is 0.0907. The molecule has 21 heavy (non-hydrogen) atoms. The van der Waals surface area contributed by atoms with Gasteiger partial charge in [0.05, 0.1) is 7.11 Å². The number of hydrogen-bond acceptors (Lipinski definition) is 3. The van der Waals surface area contributed by atoms with E-state index < -0.39 is 0 Å². The van der Waals surface area contributed by atoms with Crippen LogP contribution in [-0.4, -0.2) is 43.6 Å². The van der Waals surface area contributed by atoms with Crippen molar-refractivity contribution in [3.05, 3.63) is 29.8 Å². The second kappa shape index (κ2) is 7.46. The molecule has 1 aromatic carbocycles. The maximum absolute atomic E-state index is 12.3. The zero-order chi connectivity index (χ0) is 15.2. The van der Waals surface area contributed by atoms with Gasteiger partial charge in [-0.25, -0.2) is 0 Å². The number of methoxy groups -OCH3 is 1. The highest BCUT2D eigenvalue weighted by Gasteiger charge is 2.21. The molecular weight excluding hydrogens is 264 g/mol. The van der Waals surface area contributed by atoms with E-state index >= 15 is 0 Å². The first-order chi connectivity index (χ1) is 10.1. The molecule has 4 heteroatoms. The average Bonchev–Trinajstić information content (AvgIpc) is 2.49. The summed E-state index contributed by atoms with van der Waals surface area (Å²) in [7, 11) is 1.61. The second-order valence-corrected chi connectivity index (χ2v) is 6.17. The minimum absolute atomic E-state index is 0.00351. The Bertz CT molecular complexity index is 466. The molecule has 2 rings (SSSR count). The van der Waals surface area contributed by atoms with E-state index in [1.807, 2.05) is 18.2 Å². The van der Waals surface area contributed by atoms with Crippen molar-refractivity contribution in [3.8, 4) is 5.75 Å². The molecular formula is C17H26N2O2. The minimum atomic E-state index is -0.00351. The monoisotopic (exact) mass is 290 g/mol. The number of rotatable bonds is 5. The molecule has 4 nitrogen and oxygen atoms in total. The summed E-state index contributed by atoms with van der Waals surface area (Å²) in [6.45, 7) is 7.78. The van der Waals surface area contributed by atoms with E-state index in [1.54, 1.807) is 13.2 Å². The van der Waals surface area contributed by atoms with Crippen LogP contribution < -0.4 is 10.1 Å². The van der Waals surface area contributed by atoms with Crippen LogP contribution in [0.25, 0.3) is 0 Å². The number of benzene rings is 1. The van der Waals surface area contributed by atoms with Crippen LogP contribution in [0.4, 0.5) is 0 Å². The van der Waals surface area contributed by atoms with Gasteiger partial charge in [-0.3, -0.25) is 4.79 Å². The minimum Gasteiger partial charge on any atom is -0.497 e. The molecule has 0 aliphatic carbocycles. The van der Waals surface area contributed by atoms with Crippen molar-refractivity contribution in [1.29, 1.82) is 0 Å². The SMILES string of the molecule is COc1cccc(C(=O)NC2CCN(CC(C)C)CC2)c1. The zero-order valence-electron chi connectivity index (χ0n) is 13.3. The number of hydrogen-bond donors (Lipinski definition) is 1. The van der Waals surface area contributed by atoms with Crippen molar-refractivity contribution in [2.75, 3.05) is 26.7 Å². The number of carbonyl (C=O) groups excluding carboxylic acids is 1. The molecule has 1 heterocycles. The van der Waals surface area contributed by atoms with Crippen LogP contribution in [0.3, 0.4) is 0 Å². The Morgan fingerprint density at radius 1 is 1.38 bits per heavy atom. The predicted molar refractivity (Wildman–Crippen MR) is 84.8 cm³/mol. The summed E-state index contributed by atoms with van der Waals surface area (Å²) in [4.78, 5) is 14.7. The third-order valence-electron chi connectivity index (χ3n) is 3.88. The van der Waals surface area contributed by atoms with Crippen molar-refractivity contribution in [2.24, 2.45) is 5.92 Å². The third kappa shape index (κ3) is 4.74. The number of likely N-dealkylation sites (tertiary alicyclic amines) is 1. The fourth-order valence-electron chi connectivity index (χ4n) is 2.81. The molecule has 1 saturated heterocycles. The summed E-state index contributed by atoms with van der Waals surface area (Å²) in [6, 6.07) is 7.59. The summed E-state index contributed by atoms with van der Waals surface area (Å²) in [5.41, 5.74) is 0.666. The van der Waals surface area contributed by atoms with Crippen molar-refractivity contribution < 1.29 is 9.53 Å². The number of carbonyl (C=O) groups is 1. The van der Waals surface area contributed by atoms with Crippen LogP contribution in [0.15, 0.2) is 24.3 Å². The van der Waals surface area contributed by atoms with E-state index in [4.69, 9.17) is 4.74 Å². The van der Waals surface area contributed by atoms with Gasteiger partial charge in [0.25, 0.3) is 5.91 Å². The van der Waals surface area contributed by atoms with E-state index in [0.717, 1.165) is 38.2 Å². The summed E-state index contributed by atoms with van der Waals surface area (Å²) >= 11 is 0. The fraction of sp³-hybridized carbons (Fsp3) is 0.588. The summed E-state index contributed by atoms with van der Waals surface area (Å²) in [5, 5.41) is 3.14. The Balaban J connectivity index is 1.84. The van der Waals surface area contributed by atoms with Gasteiger partial charge in [0.15, 0.2) is 0 Å². The van der Waals surface area contributed by atoms with Crippen LogP contribution in [0, 0.1) is 5.92 Å². The first-order valence-corrected chi connectivity index (χ1v) is 7.75. The van der Waals surface area contributed by atoms with E-state index in [2.05, 4.69) is 24.1 Å². The molecule has 1 amide bonds. The molecule has 0 saturated carbocycles. The number of nitrogens with one attached hydrogen (secondary N) is 1. The molecule has 1 aliphatic heterocycles. The van der Waals surface area contributed by atoms with Gasteiger partial charge in [0, 0.05) is 31.2 Å². The van der Waals surface area contributed by atoms with Crippen LogP contribution in [0.2, 0.25) is 0 Å². The fourth-order valence-corrected chi connectivity index (χ4v) is 2.81. The lowest BCUT2D eigenvalue weighted by Gasteiger charge is -2.33. The lowest BCUT2D eigenvalue weighted by atomic mass is 10.0. The van der Waals surface area contributed by atoms with Gasteiger partial charge >= 0.3 is 0 Å². The van der Waals surface area contributed by atoms with Crippen molar-refractivity contribution in [2.45, 2.75) is 32.7 Å². The number of amides is 1. The number of ether oxygens (including phenoxy) is 1. The average molecular weight is 290 g/mol. The molecule has 1 aromatic rings. The Hall–Kier alpha value is -1.55. The van der Waals surface area contributed by atoms with E-state index in [9.17, 15) is 4.79 Å². The Morgan fingerprint density at radius 2 is 2.10 bits per heavy atom. The molecule has 1 aliphatic rings. The number of nitrogens with zero attached hydrogens (tertiary/aromatic N) is 1. The zero-order valence-corrected chi connectivity index (χ0v) is 13.3.